The van der Waals surface area contributed by atoms with E-state index in [1.807, 2.05) is 0 Å². The number of aliphatic carboxylic acids is 1. The van der Waals surface area contributed by atoms with E-state index < -0.39 is 17.6 Å². The minimum Gasteiger partial charge on any atom is -0.477 e. The summed E-state index contributed by atoms with van der Waals surface area (Å²) in [5.74, 6) is -4.19. The van der Waals surface area contributed by atoms with Crippen molar-refractivity contribution >= 4 is 5.97 Å². The zero-order valence-corrected chi connectivity index (χ0v) is 8.36. The van der Waals surface area contributed by atoms with Crippen LogP contribution in [0, 0.1) is 5.82 Å². The van der Waals surface area contributed by atoms with Gasteiger partial charge in [-0.2, -0.15) is 0 Å². The molecule has 1 N–H and O–H groups in total. The van der Waals surface area contributed by atoms with Crippen LogP contribution in [-0.2, 0) is 20.1 Å². The number of benzene rings is 1. The van der Waals surface area contributed by atoms with Crippen LogP contribution in [0.1, 0.15) is 5.56 Å². The lowest BCUT2D eigenvalue weighted by Gasteiger charge is -2.26. The Kier molecular flexibility index (Phi) is 3.39. The van der Waals surface area contributed by atoms with E-state index in [9.17, 15) is 9.18 Å². The molecule has 0 unspecified atom stereocenters. The van der Waals surface area contributed by atoms with Gasteiger partial charge in [0, 0.05) is 14.2 Å². The van der Waals surface area contributed by atoms with Gasteiger partial charge in [0.1, 0.15) is 5.82 Å². The van der Waals surface area contributed by atoms with E-state index in [1.165, 1.54) is 18.2 Å². The Bertz CT molecular complexity index is 360. The van der Waals surface area contributed by atoms with Crippen LogP contribution < -0.4 is 0 Å². The molecule has 0 fully saturated rings. The fourth-order valence-electron chi connectivity index (χ4n) is 1.32. The van der Waals surface area contributed by atoms with Crippen molar-refractivity contribution in [3.63, 3.8) is 0 Å². The number of rotatable bonds is 4. The third-order valence-electron chi connectivity index (χ3n) is 2.08. The molecular formula is C10H11FO4. The van der Waals surface area contributed by atoms with E-state index in [0.717, 1.165) is 20.3 Å². The summed E-state index contributed by atoms with van der Waals surface area (Å²) in [4.78, 5) is 11.0. The Morgan fingerprint density at radius 1 is 1.33 bits per heavy atom. The standard InChI is InChI=1S/C10H11FO4/c1-14-10(15-2,9(12)13)7-5-3-4-6-8(7)11/h3-6H,1-2H3,(H,12,13). The molecule has 0 atom stereocenters. The van der Waals surface area contributed by atoms with Crippen molar-refractivity contribution in [2.45, 2.75) is 5.79 Å². The Hall–Kier alpha value is -1.46. The highest BCUT2D eigenvalue weighted by atomic mass is 19.1. The van der Waals surface area contributed by atoms with Crippen LogP contribution in [-0.4, -0.2) is 25.3 Å². The molecule has 0 bridgehead atoms. The Labute approximate surface area is 86.2 Å². The molecule has 1 aromatic carbocycles. The molecule has 0 aliphatic carbocycles. The second kappa shape index (κ2) is 4.37. The maximum Gasteiger partial charge on any atom is 0.369 e. The molecule has 0 spiro atoms. The first kappa shape index (κ1) is 11.6. The molecule has 0 aliphatic heterocycles. The molecule has 4 nitrogen and oxygen atoms in total. The molecule has 0 aliphatic rings. The monoisotopic (exact) mass is 214 g/mol. The fraction of sp³-hybridized carbons (Fsp3) is 0.300. The van der Waals surface area contributed by atoms with Crippen molar-refractivity contribution < 1.29 is 23.8 Å². The summed E-state index contributed by atoms with van der Waals surface area (Å²) in [6.45, 7) is 0. The second-order valence-corrected chi connectivity index (χ2v) is 2.81. The second-order valence-electron chi connectivity index (χ2n) is 2.81. The third-order valence-corrected chi connectivity index (χ3v) is 2.08. The molecule has 0 radical (unpaired) electrons. The first-order valence-electron chi connectivity index (χ1n) is 4.17. The SMILES string of the molecule is COC(OC)(C(=O)O)c1ccccc1F. The van der Waals surface area contributed by atoms with Gasteiger partial charge in [0.05, 0.1) is 5.56 Å². The van der Waals surface area contributed by atoms with E-state index in [2.05, 4.69) is 0 Å². The number of carboxylic acids is 1. The van der Waals surface area contributed by atoms with Gasteiger partial charge < -0.3 is 14.6 Å². The smallest absolute Gasteiger partial charge is 0.369 e. The first-order chi connectivity index (χ1) is 7.08. The van der Waals surface area contributed by atoms with Crippen LogP contribution in [0.2, 0.25) is 0 Å². The molecule has 0 aromatic heterocycles. The molecule has 5 heteroatoms. The van der Waals surface area contributed by atoms with Crippen molar-refractivity contribution in [2.75, 3.05) is 14.2 Å². The van der Waals surface area contributed by atoms with Gasteiger partial charge in [-0.1, -0.05) is 18.2 Å². The van der Waals surface area contributed by atoms with E-state index in [4.69, 9.17) is 14.6 Å². The third kappa shape index (κ3) is 1.84. The summed E-state index contributed by atoms with van der Waals surface area (Å²) in [7, 11) is 2.29. The molecule has 0 heterocycles. The first-order valence-corrected chi connectivity index (χ1v) is 4.17. The van der Waals surface area contributed by atoms with Gasteiger partial charge in [-0.25, -0.2) is 9.18 Å². The number of carboxylic acid groups (broad SMARTS) is 1. The molecule has 1 rings (SSSR count). The summed E-state index contributed by atoms with van der Waals surface area (Å²) in [5, 5.41) is 8.98. The van der Waals surface area contributed by atoms with Crippen molar-refractivity contribution in [3.05, 3.63) is 35.6 Å². The molecule has 15 heavy (non-hydrogen) atoms. The van der Waals surface area contributed by atoms with Gasteiger partial charge >= 0.3 is 5.97 Å². The lowest BCUT2D eigenvalue weighted by atomic mass is 10.1. The molecule has 0 saturated carbocycles. The molecule has 0 amide bonds. The van der Waals surface area contributed by atoms with Gasteiger partial charge in [0.15, 0.2) is 0 Å². The Morgan fingerprint density at radius 3 is 2.27 bits per heavy atom. The number of halogens is 1. The van der Waals surface area contributed by atoms with Gasteiger partial charge in [-0.3, -0.25) is 0 Å². The quantitative estimate of drug-likeness (QED) is 0.769. The summed E-state index contributed by atoms with van der Waals surface area (Å²) in [6.07, 6.45) is 0. The number of methoxy groups -OCH3 is 2. The molecular weight excluding hydrogens is 203 g/mol. The predicted molar refractivity (Wildman–Crippen MR) is 49.7 cm³/mol. The Morgan fingerprint density at radius 2 is 1.87 bits per heavy atom. The minimum absolute atomic E-state index is 0.164. The van der Waals surface area contributed by atoms with Crippen LogP contribution in [0.5, 0.6) is 0 Å². The van der Waals surface area contributed by atoms with E-state index in [1.54, 1.807) is 0 Å². The predicted octanol–water partition coefficient (Wildman–Crippen LogP) is 1.36. The maximum atomic E-state index is 13.4. The van der Waals surface area contributed by atoms with Crippen molar-refractivity contribution in [2.24, 2.45) is 0 Å². The Balaban J connectivity index is 3.33. The average molecular weight is 214 g/mol. The number of ether oxygens (including phenoxy) is 2. The summed E-state index contributed by atoms with van der Waals surface area (Å²) in [6, 6.07) is 5.41. The zero-order valence-electron chi connectivity index (χ0n) is 8.36. The van der Waals surface area contributed by atoms with Gasteiger partial charge in [0.25, 0.3) is 5.79 Å². The summed E-state index contributed by atoms with van der Waals surface area (Å²) >= 11 is 0. The zero-order chi connectivity index (χ0) is 11.5. The minimum atomic E-state index is -2.09. The topological polar surface area (TPSA) is 55.8 Å². The average Bonchev–Trinajstić information content (AvgIpc) is 2.22. The van der Waals surface area contributed by atoms with Gasteiger partial charge in [0.2, 0.25) is 0 Å². The highest BCUT2D eigenvalue weighted by Crippen LogP contribution is 2.28. The van der Waals surface area contributed by atoms with Crippen LogP contribution in [0.3, 0.4) is 0 Å². The molecule has 1 aromatic rings. The normalized spacial score (nSPS) is 11.4. The van der Waals surface area contributed by atoms with Crippen LogP contribution in [0.25, 0.3) is 0 Å². The maximum absolute atomic E-state index is 13.4. The van der Waals surface area contributed by atoms with Crippen LogP contribution in [0.15, 0.2) is 24.3 Å². The van der Waals surface area contributed by atoms with Crippen LogP contribution in [0.4, 0.5) is 4.39 Å². The van der Waals surface area contributed by atoms with Gasteiger partial charge in [-0.15, -0.1) is 0 Å². The van der Waals surface area contributed by atoms with E-state index in [-0.39, 0.29) is 5.56 Å². The highest BCUT2D eigenvalue weighted by molar-refractivity contribution is 5.77. The number of hydrogen-bond donors (Lipinski definition) is 1. The lowest BCUT2D eigenvalue weighted by Crippen LogP contribution is -2.40. The van der Waals surface area contributed by atoms with E-state index in [0.29, 0.717) is 0 Å². The van der Waals surface area contributed by atoms with Gasteiger partial charge in [-0.05, 0) is 6.07 Å². The largest absolute Gasteiger partial charge is 0.477 e. The number of hydrogen-bond acceptors (Lipinski definition) is 3. The summed E-state index contributed by atoms with van der Waals surface area (Å²) < 4.78 is 22.9. The van der Waals surface area contributed by atoms with Crippen molar-refractivity contribution in [1.82, 2.24) is 0 Å². The lowest BCUT2D eigenvalue weighted by molar-refractivity contribution is -0.232. The summed E-state index contributed by atoms with van der Waals surface area (Å²) in [5.41, 5.74) is -0.164. The van der Waals surface area contributed by atoms with Crippen molar-refractivity contribution in [1.29, 1.82) is 0 Å². The van der Waals surface area contributed by atoms with E-state index >= 15 is 0 Å². The fourth-order valence-corrected chi connectivity index (χ4v) is 1.32. The molecule has 0 saturated heterocycles. The number of carbonyl (C=O) groups is 1. The van der Waals surface area contributed by atoms with Crippen LogP contribution >= 0.6 is 0 Å². The van der Waals surface area contributed by atoms with Crippen molar-refractivity contribution in [3.8, 4) is 0 Å². The molecule has 82 valence electrons. The highest BCUT2D eigenvalue weighted by Gasteiger charge is 2.43.